The molecule has 1 aromatic heterocycles. The first-order valence-electron chi connectivity index (χ1n) is 5.55. The zero-order valence-corrected chi connectivity index (χ0v) is 10.9. The Hall–Kier alpha value is -2.07. The molecule has 19 heavy (non-hydrogen) atoms. The van der Waals surface area contributed by atoms with Crippen LogP contribution >= 0.6 is 11.6 Å². The summed E-state index contributed by atoms with van der Waals surface area (Å²) < 4.78 is 18.2. The van der Waals surface area contributed by atoms with Crippen molar-refractivity contribution in [3.8, 4) is 0 Å². The van der Waals surface area contributed by atoms with Crippen LogP contribution in [0.4, 0.5) is 10.1 Å². The van der Waals surface area contributed by atoms with Gasteiger partial charge in [-0.15, -0.1) is 0 Å². The summed E-state index contributed by atoms with van der Waals surface area (Å²) in [6, 6.07) is 7.53. The van der Waals surface area contributed by atoms with E-state index >= 15 is 0 Å². The molecule has 0 saturated heterocycles. The van der Waals surface area contributed by atoms with E-state index in [0.717, 1.165) is 5.76 Å². The molecular formula is C14H11ClFNO2. The number of furan rings is 1. The highest BCUT2D eigenvalue weighted by atomic mass is 35.5. The molecule has 1 aromatic carbocycles. The van der Waals surface area contributed by atoms with Gasteiger partial charge in [0.05, 0.1) is 5.02 Å². The second-order valence-electron chi connectivity index (χ2n) is 3.90. The monoisotopic (exact) mass is 279 g/mol. The Bertz CT molecular complexity index is 634. The molecule has 0 saturated carbocycles. The number of anilines is 1. The summed E-state index contributed by atoms with van der Waals surface area (Å²) >= 11 is 5.61. The van der Waals surface area contributed by atoms with Gasteiger partial charge in [-0.1, -0.05) is 11.6 Å². The predicted octanol–water partition coefficient (Wildman–Crippen LogP) is 4.03. The van der Waals surface area contributed by atoms with Crippen molar-refractivity contribution in [3.05, 3.63) is 58.8 Å². The fourth-order valence-electron chi connectivity index (χ4n) is 1.46. The lowest BCUT2D eigenvalue weighted by Crippen LogP contribution is -2.07. The van der Waals surface area contributed by atoms with E-state index in [1.807, 2.05) is 6.92 Å². The Morgan fingerprint density at radius 2 is 2.16 bits per heavy atom. The first-order valence-corrected chi connectivity index (χ1v) is 5.93. The van der Waals surface area contributed by atoms with Gasteiger partial charge in [0.2, 0.25) is 5.91 Å². The summed E-state index contributed by atoms with van der Waals surface area (Å²) in [7, 11) is 0. The molecule has 0 aliphatic carbocycles. The number of aryl methyl sites for hydroxylation is 1. The number of hydrogen-bond acceptors (Lipinski definition) is 2. The summed E-state index contributed by atoms with van der Waals surface area (Å²) in [6.45, 7) is 1.82. The van der Waals surface area contributed by atoms with Crippen LogP contribution in [0.1, 0.15) is 11.5 Å². The third-order valence-electron chi connectivity index (χ3n) is 2.35. The van der Waals surface area contributed by atoms with Gasteiger partial charge >= 0.3 is 0 Å². The first-order chi connectivity index (χ1) is 9.04. The minimum Gasteiger partial charge on any atom is -0.462 e. The minimum absolute atomic E-state index is 0.0385. The smallest absolute Gasteiger partial charge is 0.248 e. The standard InChI is InChI=1S/C14H11ClFNO2/c1-9-2-4-11(19-9)5-7-14(18)17-10-3-6-13(16)12(15)8-10/h2-8H,1H3,(H,17,18). The van der Waals surface area contributed by atoms with Crippen molar-refractivity contribution in [1.29, 1.82) is 0 Å². The highest BCUT2D eigenvalue weighted by molar-refractivity contribution is 6.31. The molecule has 0 atom stereocenters. The van der Waals surface area contributed by atoms with Gasteiger partial charge in [0.25, 0.3) is 0 Å². The number of nitrogens with one attached hydrogen (secondary N) is 1. The molecule has 0 bridgehead atoms. The largest absolute Gasteiger partial charge is 0.462 e. The van der Waals surface area contributed by atoms with Crippen LogP contribution in [-0.2, 0) is 4.79 Å². The highest BCUT2D eigenvalue weighted by Gasteiger charge is 2.03. The van der Waals surface area contributed by atoms with Crippen molar-refractivity contribution < 1.29 is 13.6 Å². The van der Waals surface area contributed by atoms with E-state index in [4.69, 9.17) is 16.0 Å². The Labute approximate surface area is 114 Å². The van der Waals surface area contributed by atoms with Crippen LogP contribution in [0.15, 0.2) is 40.8 Å². The minimum atomic E-state index is -0.527. The van der Waals surface area contributed by atoms with Crippen molar-refractivity contribution in [2.45, 2.75) is 6.92 Å². The number of carbonyl (C=O) groups excluding carboxylic acids is 1. The van der Waals surface area contributed by atoms with Gasteiger partial charge in [-0.2, -0.15) is 0 Å². The Kier molecular flexibility index (Phi) is 4.02. The van der Waals surface area contributed by atoms with E-state index in [-0.39, 0.29) is 10.9 Å². The Morgan fingerprint density at radius 3 is 2.79 bits per heavy atom. The fourth-order valence-corrected chi connectivity index (χ4v) is 1.64. The third kappa shape index (κ3) is 3.69. The molecule has 1 amide bonds. The zero-order valence-electron chi connectivity index (χ0n) is 10.1. The molecule has 98 valence electrons. The summed E-state index contributed by atoms with van der Waals surface area (Å²) in [4.78, 5) is 11.6. The second-order valence-corrected chi connectivity index (χ2v) is 4.31. The molecule has 1 heterocycles. The van der Waals surface area contributed by atoms with Crippen molar-refractivity contribution in [2.75, 3.05) is 5.32 Å². The molecule has 0 aliphatic rings. The first kappa shape index (κ1) is 13.4. The molecule has 2 rings (SSSR count). The summed E-state index contributed by atoms with van der Waals surface area (Å²) in [5.74, 6) is 0.480. The summed E-state index contributed by atoms with van der Waals surface area (Å²) in [5.41, 5.74) is 0.427. The van der Waals surface area contributed by atoms with Gasteiger partial charge in [0, 0.05) is 11.8 Å². The normalized spacial score (nSPS) is 10.9. The predicted molar refractivity (Wildman–Crippen MR) is 72.5 cm³/mol. The molecule has 5 heteroatoms. The quantitative estimate of drug-likeness (QED) is 0.862. The maximum Gasteiger partial charge on any atom is 0.248 e. The number of halogens is 2. The van der Waals surface area contributed by atoms with Crippen LogP contribution in [0.25, 0.3) is 6.08 Å². The number of amides is 1. The lowest BCUT2D eigenvalue weighted by molar-refractivity contribution is -0.111. The maximum absolute atomic E-state index is 12.9. The number of carbonyl (C=O) groups is 1. The van der Waals surface area contributed by atoms with Crippen molar-refractivity contribution in [2.24, 2.45) is 0 Å². The van der Waals surface area contributed by atoms with Gasteiger partial charge in [-0.25, -0.2) is 4.39 Å². The van der Waals surface area contributed by atoms with E-state index in [2.05, 4.69) is 5.32 Å². The average Bonchev–Trinajstić information content (AvgIpc) is 2.77. The van der Waals surface area contributed by atoms with Gasteiger partial charge in [0.15, 0.2) is 0 Å². The lowest BCUT2D eigenvalue weighted by atomic mass is 10.3. The van der Waals surface area contributed by atoms with E-state index in [9.17, 15) is 9.18 Å². The Balaban J connectivity index is 2.01. The van der Waals surface area contributed by atoms with Crippen LogP contribution in [0.3, 0.4) is 0 Å². The molecule has 3 nitrogen and oxygen atoms in total. The van der Waals surface area contributed by atoms with Crippen LogP contribution in [-0.4, -0.2) is 5.91 Å². The van der Waals surface area contributed by atoms with Gasteiger partial charge in [-0.3, -0.25) is 4.79 Å². The molecule has 0 spiro atoms. The van der Waals surface area contributed by atoms with Crippen LogP contribution in [0.2, 0.25) is 5.02 Å². The molecular weight excluding hydrogens is 269 g/mol. The third-order valence-corrected chi connectivity index (χ3v) is 2.64. The molecule has 0 aliphatic heterocycles. The molecule has 0 unspecified atom stereocenters. The van der Waals surface area contributed by atoms with E-state index in [0.29, 0.717) is 11.4 Å². The summed E-state index contributed by atoms with van der Waals surface area (Å²) in [5, 5.41) is 2.53. The summed E-state index contributed by atoms with van der Waals surface area (Å²) in [6.07, 6.45) is 2.88. The van der Waals surface area contributed by atoms with Gasteiger partial charge < -0.3 is 9.73 Å². The maximum atomic E-state index is 12.9. The van der Waals surface area contributed by atoms with E-state index in [1.165, 1.54) is 24.3 Å². The van der Waals surface area contributed by atoms with Crippen molar-refractivity contribution in [1.82, 2.24) is 0 Å². The molecule has 1 N–H and O–H groups in total. The van der Waals surface area contributed by atoms with Gasteiger partial charge in [0.1, 0.15) is 17.3 Å². The van der Waals surface area contributed by atoms with Crippen LogP contribution < -0.4 is 5.32 Å². The topological polar surface area (TPSA) is 42.2 Å². The van der Waals surface area contributed by atoms with E-state index < -0.39 is 5.82 Å². The number of benzene rings is 1. The second kappa shape index (κ2) is 5.71. The van der Waals surface area contributed by atoms with Crippen molar-refractivity contribution >= 4 is 29.3 Å². The van der Waals surface area contributed by atoms with E-state index in [1.54, 1.807) is 18.2 Å². The molecule has 0 radical (unpaired) electrons. The average molecular weight is 280 g/mol. The fraction of sp³-hybridized carbons (Fsp3) is 0.0714. The Morgan fingerprint density at radius 1 is 1.37 bits per heavy atom. The number of hydrogen-bond donors (Lipinski definition) is 1. The van der Waals surface area contributed by atoms with Crippen LogP contribution in [0, 0.1) is 12.7 Å². The molecule has 2 aromatic rings. The highest BCUT2D eigenvalue weighted by Crippen LogP contribution is 2.19. The zero-order chi connectivity index (χ0) is 13.8. The SMILES string of the molecule is Cc1ccc(C=CC(=O)Nc2ccc(F)c(Cl)c2)o1. The lowest BCUT2D eigenvalue weighted by Gasteiger charge is -2.02. The van der Waals surface area contributed by atoms with Crippen molar-refractivity contribution in [3.63, 3.8) is 0 Å². The number of rotatable bonds is 3. The molecule has 0 fully saturated rings. The van der Waals surface area contributed by atoms with Gasteiger partial charge in [-0.05, 0) is 43.3 Å². The van der Waals surface area contributed by atoms with Crippen LogP contribution in [0.5, 0.6) is 0 Å².